The fourth-order valence-corrected chi connectivity index (χ4v) is 3.55. The number of nitrogens with zero attached hydrogens (tertiary/aromatic N) is 5. The molecule has 3 heterocycles. The summed E-state index contributed by atoms with van der Waals surface area (Å²) in [5, 5.41) is 11.5. The van der Waals surface area contributed by atoms with Crippen LogP contribution in [-0.2, 0) is 6.61 Å². The zero-order valence-electron chi connectivity index (χ0n) is 17.1. The second kappa shape index (κ2) is 9.67. The number of benzene rings is 1. The Kier molecular flexibility index (Phi) is 6.52. The molecule has 1 N–H and O–H groups in total. The van der Waals surface area contributed by atoms with Gasteiger partial charge in [0.05, 0.1) is 30.8 Å². The summed E-state index contributed by atoms with van der Waals surface area (Å²) in [6, 6.07) is 9.32. The number of para-hydroxylation sites is 1. The molecule has 0 aliphatic carbocycles. The number of carbonyl (C=O) groups is 1. The predicted octanol–water partition coefficient (Wildman–Crippen LogP) is 4.19. The van der Waals surface area contributed by atoms with E-state index < -0.39 is 0 Å². The summed E-state index contributed by atoms with van der Waals surface area (Å²) in [5.74, 6) is 0.286. The molecule has 4 rings (SSSR count). The zero-order chi connectivity index (χ0) is 22.5. The number of ether oxygens (including phenoxy) is 2. The molecule has 0 unspecified atom stereocenters. The number of aromatic nitrogens is 5. The highest BCUT2D eigenvalue weighted by Crippen LogP contribution is 2.33. The van der Waals surface area contributed by atoms with Gasteiger partial charge in [-0.3, -0.25) is 20.1 Å². The smallest absolute Gasteiger partial charge is 0.296 e. The van der Waals surface area contributed by atoms with E-state index in [1.54, 1.807) is 7.11 Å². The van der Waals surface area contributed by atoms with Crippen LogP contribution < -0.4 is 14.8 Å². The number of nitrogens with one attached hydrogen (secondary N) is 1. The molecule has 162 valence electrons. The summed E-state index contributed by atoms with van der Waals surface area (Å²) in [4.78, 5) is 25.3. The molecule has 0 fully saturated rings. The van der Waals surface area contributed by atoms with E-state index in [2.05, 4.69) is 30.5 Å². The molecule has 1 aromatic carbocycles. The zero-order valence-corrected chi connectivity index (χ0v) is 18.6. The Bertz CT molecular complexity index is 1250. The maximum absolute atomic E-state index is 13.0. The van der Waals surface area contributed by atoms with Gasteiger partial charge in [-0.15, -0.1) is 5.10 Å². The van der Waals surface area contributed by atoms with Crippen LogP contribution in [0.3, 0.4) is 0 Å². The van der Waals surface area contributed by atoms with Crippen molar-refractivity contribution >= 4 is 34.0 Å². The van der Waals surface area contributed by atoms with Crippen LogP contribution in [0.5, 0.6) is 10.9 Å². The van der Waals surface area contributed by atoms with E-state index in [1.807, 2.05) is 37.3 Å². The van der Waals surface area contributed by atoms with Gasteiger partial charge >= 0.3 is 0 Å². The van der Waals surface area contributed by atoms with E-state index in [0.717, 1.165) is 22.6 Å². The molecule has 1 amide bonds. The molecule has 11 heteroatoms. The first kappa shape index (κ1) is 21.6. The van der Waals surface area contributed by atoms with Crippen LogP contribution >= 0.6 is 22.9 Å². The van der Waals surface area contributed by atoms with Gasteiger partial charge in [-0.2, -0.15) is 0 Å². The number of rotatable bonds is 7. The van der Waals surface area contributed by atoms with E-state index in [9.17, 15) is 4.79 Å². The average Bonchev–Trinajstić information content (AvgIpc) is 3.25. The fourth-order valence-electron chi connectivity index (χ4n) is 2.86. The van der Waals surface area contributed by atoms with Gasteiger partial charge in [-0.1, -0.05) is 34.9 Å². The SMILES string of the molecule is COc1ccccc1-c1cc(C)ncc1C(=O)Nc1nnc(OCc2cnc(Cl)cn2)s1. The summed E-state index contributed by atoms with van der Waals surface area (Å²) >= 11 is 6.82. The Labute approximate surface area is 192 Å². The summed E-state index contributed by atoms with van der Waals surface area (Å²) < 4.78 is 11.0. The maximum atomic E-state index is 13.0. The predicted molar refractivity (Wildman–Crippen MR) is 120 cm³/mol. The molecule has 4 aromatic rings. The lowest BCUT2D eigenvalue weighted by Gasteiger charge is -2.13. The van der Waals surface area contributed by atoms with Gasteiger partial charge in [-0.25, -0.2) is 4.98 Å². The molecule has 0 aliphatic rings. The number of carbonyl (C=O) groups excluding carboxylic acids is 1. The molecule has 3 aromatic heterocycles. The van der Waals surface area contributed by atoms with Crippen LogP contribution in [0.25, 0.3) is 11.1 Å². The standard InChI is InChI=1S/C21H17ClN6O3S/c1-12-7-15(14-5-3-4-6-17(14)30-2)16(9-23-12)19(29)26-20-27-28-21(32-20)31-11-13-8-25-18(22)10-24-13/h3-10H,11H2,1-2H3,(H,26,27,29). The lowest BCUT2D eigenvalue weighted by Crippen LogP contribution is -2.14. The van der Waals surface area contributed by atoms with Gasteiger partial charge in [0.1, 0.15) is 17.5 Å². The molecule has 0 saturated carbocycles. The van der Waals surface area contributed by atoms with E-state index in [0.29, 0.717) is 32.9 Å². The number of pyridine rings is 1. The molecule has 0 atom stereocenters. The quantitative estimate of drug-likeness (QED) is 0.429. The first-order chi connectivity index (χ1) is 15.5. The van der Waals surface area contributed by atoms with Crippen molar-refractivity contribution in [2.24, 2.45) is 0 Å². The second-order valence-corrected chi connectivity index (χ2v) is 7.85. The van der Waals surface area contributed by atoms with E-state index >= 15 is 0 Å². The average molecular weight is 469 g/mol. The lowest BCUT2D eigenvalue weighted by atomic mass is 9.99. The molecule has 9 nitrogen and oxygen atoms in total. The summed E-state index contributed by atoms with van der Waals surface area (Å²) in [7, 11) is 1.59. The highest BCUT2D eigenvalue weighted by molar-refractivity contribution is 7.17. The van der Waals surface area contributed by atoms with Crippen LogP contribution in [0.4, 0.5) is 5.13 Å². The van der Waals surface area contributed by atoms with Crippen molar-refractivity contribution in [2.75, 3.05) is 12.4 Å². The number of amides is 1. The number of hydrogen-bond acceptors (Lipinski definition) is 9. The number of aryl methyl sites for hydroxylation is 1. The Hall–Kier alpha value is -3.63. The summed E-state index contributed by atoms with van der Waals surface area (Å²) in [5.41, 5.74) is 3.24. The Morgan fingerprint density at radius 1 is 1.09 bits per heavy atom. The summed E-state index contributed by atoms with van der Waals surface area (Å²) in [6.45, 7) is 2.01. The molecule has 0 bridgehead atoms. The monoisotopic (exact) mass is 468 g/mol. The van der Waals surface area contributed by atoms with Gasteiger partial charge in [0.25, 0.3) is 11.1 Å². The Morgan fingerprint density at radius 2 is 1.94 bits per heavy atom. The van der Waals surface area contributed by atoms with Gasteiger partial charge in [0, 0.05) is 23.0 Å². The van der Waals surface area contributed by atoms with Gasteiger partial charge in [0.15, 0.2) is 0 Å². The minimum absolute atomic E-state index is 0.145. The van der Waals surface area contributed by atoms with Crippen molar-refractivity contribution < 1.29 is 14.3 Å². The minimum Gasteiger partial charge on any atom is -0.496 e. The first-order valence-electron chi connectivity index (χ1n) is 9.37. The Balaban J connectivity index is 1.51. The van der Waals surface area contributed by atoms with Crippen molar-refractivity contribution in [3.63, 3.8) is 0 Å². The summed E-state index contributed by atoms with van der Waals surface area (Å²) in [6.07, 6.45) is 4.47. The molecule has 0 aliphatic heterocycles. The molecule has 0 saturated heterocycles. The van der Waals surface area contributed by atoms with E-state index in [4.69, 9.17) is 21.1 Å². The van der Waals surface area contributed by atoms with Crippen LogP contribution in [0, 0.1) is 6.92 Å². The van der Waals surface area contributed by atoms with Gasteiger partial charge < -0.3 is 9.47 Å². The third-order valence-electron chi connectivity index (χ3n) is 4.33. The second-order valence-electron chi connectivity index (χ2n) is 6.52. The fraction of sp³-hybridized carbons (Fsp3) is 0.143. The molecule has 0 radical (unpaired) electrons. The van der Waals surface area contributed by atoms with Gasteiger partial charge in [0.2, 0.25) is 5.13 Å². The highest BCUT2D eigenvalue weighted by atomic mass is 35.5. The number of anilines is 1. The third-order valence-corrected chi connectivity index (χ3v) is 5.27. The van der Waals surface area contributed by atoms with Crippen molar-refractivity contribution in [3.05, 3.63) is 71.0 Å². The van der Waals surface area contributed by atoms with Crippen molar-refractivity contribution in [1.82, 2.24) is 25.1 Å². The maximum Gasteiger partial charge on any atom is 0.296 e. The molecular weight excluding hydrogens is 452 g/mol. The molecule has 0 spiro atoms. The number of hydrogen-bond donors (Lipinski definition) is 1. The van der Waals surface area contributed by atoms with Crippen molar-refractivity contribution in [3.8, 4) is 22.1 Å². The minimum atomic E-state index is -0.371. The van der Waals surface area contributed by atoms with Crippen LogP contribution in [0.1, 0.15) is 21.7 Å². The van der Waals surface area contributed by atoms with Crippen LogP contribution in [0.2, 0.25) is 5.15 Å². The largest absolute Gasteiger partial charge is 0.496 e. The van der Waals surface area contributed by atoms with Crippen LogP contribution in [0.15, 0.2) is 48.9 Å². The number of methoxy groups -OCH3 is 1. The molecule has 32 heavy (non-hydrogen) atoms. The van der Waals surface area contributed by atoms with Gasteiger partial charge in [-0.05, 0) is 30.4 Å². The lowest BCUT2D eigenvalue weighted by molar-refractivity contribution is 0.102. The topological polar surface area (TPSA) is 112 Å². The third kappa shape index (κ3) is 4.98. The van der Waals surface area contributed by atoms with E-state index in [-0.39, 0.29) is 17.7 Å². The normalized spacial score (nSPS) is 10.6. The van der Waals surface area contributed by atoms with Crippen molar-refractivity contribution in [2.45, 2.75) is 13.5 Å². The molecular formula is C21H17ClN6O3S. The highest BCUT2D eigenvalue weighted by Gasteiger charge is 2.18. The van der Waals surface area contributed by atoms with Crippen LogP contribution in [-0.4, -0.2) is 38.2 Å². The van der Waals surface area contributed by atoms with Crippen molar-refractivity contribution in [1.29, 1.82) is 0 Å². The Morgan fingerprint density at radius 3 is 2.72 bits per heavy atom. The first-order valence-corrected chi connectivity index (χ1v) is 10.6. The number of halogens is 1. The van der Waals surface area contributed by atoms with E-state index in [1.165, 1.54) is 18.6 Å².